The van der Waals surface area contributed by atoms with Gasteiger partial charge in [0.05, 0.1) is 5.52 Å². The van der Waals surface area contributed by atoms with E-state index in [1.165, 1.54) is 4.57 Å². The Kier molecular flexibility index (Phi) is 3.01. The Morgan fingerprint density at radius 1 is 1.09 bits per heavy atom. The summed E-state index contributed by atoms with van der Waals surface area (Å²) in [7, 11) is 0. The Balaban J connectivity index is 1.79. The molecule has 3 aromatic rings. The number of anilines is 1. The van der Waals surface area contributed by atoms with Gasteiger partial charge in [0.25, 0.3) is 5.91 Å². The first-order valence-electron chi connectivity index (χ1n) is 7.10. The zero-order valence-corrected chi connectivity index (χ0v) is 12.5. The highest BCUT2D eigenvalue weighted by molar-refractivity contribution is 7.71. The normalized spacial score (nSPS) is 16.5. The Hall–Kier alpha value is -2.53. The van der Waals surface area contributed by atoms with Crippen LogP contribution in [0, 0.1) is 4.77 Å². The number of rotatable bonds is 2. The minimum Gasteiger partial charge on any atom is -0.359 e. The zero-order chi connectivity index (χ0) is 15.1. The highest BCUT2D eigenvalue weighted by Crippen LogP contribution is 2.28. The molecular weight excluding hydrogens is 294 g/mol. The maximum atomic E-state index is 12.7. The molecule has 1 atom stereocenters. The maximum Gasteiger partial charge on any atom is 0.257 e. The fourth-order valence-electron chi connectivity index (χ4n) is 2.86. The fraction of sp³-hybridized carbons (Fsp3) is 0.118. The van der Waals surface area contributed by atoms with Gasteiger partial charge in [-0.15, -0.1) is 0 Å². The summed E-state index contributed by atoms with van der Waals surface area (Å²) in [5.74, 6) is 0.712. The van der Waals surface area contributed by atoms with E-state index in [-0.39, 0.29) is 11.9 Å². The largest absolute Gasteiger partial charge is 0.359 e. The Morgan fingerprint density at radius 2 is 1.82 bits per heavy atom. The second kappa shape index (κ2) is 5.03. The van der Waals surface area contributed by atoms with Crippen LogP contribution in [0.25, 0.3) is 10.9 Å². The van der Waals surface area contributed by atoms with Crippen molar-refractivity contribution in [2.24, 2.45) is 0 Å². The van der Waals surface area contributed by atoms with E-state index < -0.39 is 0 Å². The molecule has 2 aromatic carbocycles. The number of hydrogen-bond acceptors (Lipinski definition) is 4. The first-order chi connectivity index (χ1) is 10.7. The number of aromatic nitrogens is 2. The summed E-state index contributed by atoms with van der Waals surface area (Å²) < 4.78 is 1.83. The summed E-state index contributed by atoms with van der Waals surface area (Å²) in [6.07, 6.45) is 0.629. The van der Waals surface area contributed by atoms with Crippen LogP contribution in [0.1, 0.15) is 10.4 Å². The molecule has 4 nitrogen and oxygen atoms in total. The predicted octanol–water partition coefficient (Wildman–Crippen LogP) is 3.44. The minimum atomic E-state index is -0.309. The highest BCUT2D eigenvalue weighted by Gasteiger charge is 2.31. The van der Waals surface area contributed by atoms with Crippen molar-refractivity contribution in [3.05, 3.63) is 64.9 Å². The number of carbonyl (C=O) groups excluding carboxylic acids is 1. The van der Waals surface area contributed by atoms with Crippen molar-refractivity contribution < 1.29 is 4.79 Å². The summed E-state index contributed by atoms with van der Waals surface area (Å²) in [6, 6.07) is 17.4. The van der Waals surface area contributed by atoms with Crippen LogP contribution in [0.2, 0.25) is 0 Å². The predicted molar refractivity (Wildman–Crippen MR) is 88.8 cm³/mol. The third kappa shape index (κ3) is 2.02. The van der Waals surface area contributed by atoms with Crippen LogP contribution in [0.3, 0.4) is 0 Å². The third-order valence-corrected chi connectivity index (χ3v) is 4.18. The lowest BCUT2D eigenvalue weighted by Crippen LogP contribution is -2.27. The lowest BCUT2D eigenvalue weighted by Gasteiger charge is -2.08. The van der Waals surface area contributed by atoms with E-state index in [2.05, 4.69) is 10.3 Å². The monoisotopic (exact) mass is 307 g/mol. The Morgan fingerprint density at radius 3 is 2.64 bits per heavy atom. The molecule has 4 rings (SSSR count). The van der Waals surface area contributed by atoms with Crippen molar-refractivity contribution in [2.45, 2.75) is 12.5 Å². The van der Waals surface area contributed by atoms with Crippen molar-refractivity contribution in [3.63, 3.8) is 0 Å². The van der Waals surface area contributed by atoms with Crippen molar-refractivity contribution >= 4 is 34.8 Å². The molecule has 2 heterocycles. The standard InChI is InChI=1S/C17H13N3OS/c21-16-14(10-11-6-2-1-3-7-11)18-15-12-8-4-5-9-13(12)19-17(22)20(15)16/h1-9,14,18H,10H2. The second-order valence-corrected chi connectivity index (χ2v) is 5.69. The second-order valence-electron chi connectivity index (χ2n) is 5.32. The number of nitrogens with zero attached hydrogens (tertiary/aromatic N) is 2. The molecule has 0 fully saturated rings. The number of carbonyl (C=O) groups is 1. The smallest absolute Gasteiger partial charge is 0.257 e. The van der Waals surface area contributed by atoms with Gasteiger partial charge in [-0.1, -0.05) is 42.5 Å². The topological polar surface area (TPSA) is 46.9 Å². The van der Waals surface area contributed by atoms with Gasteiger partial charge < -0.3 is 5.32 Å². The van der Waals surface area contributed by atoms with Crippen LogP contribution in [0.5, 0.6) is 0 Å². The van der Waals surface area contributed by atoms with Crippen LogP contribution in [0.15, 0.2) is 54.6 Å². The van der Waals surface area contributed by atoms with E-state index in [0.717, 1.165) is 22.3 Å². The molecule has 0 saturated heterocycles. The van der Waals surface area contributed by atoms with Crippen molar-refractivity contribution in [1.82, 2.24) is 9.55 Å². The van der Waals surface area contributed by atoms with E-state index in [9.17, 15) is 4.79 Å². The van der Waals surface area contributed by atoms with Crippen molar-refractivity contribution in [1.29, 1.82) is 0 Å². The number of para-hydroxylation sites is 1. The van der Waals surface area contributed by atoms with E-state index in [0.29, 0.717) is 11.2 Å². The van der Waals surface area contributed by atoms with Gasteiger partial charge in [-0.3, -0.25) is 4.79 Å². The average Bonchev–Trinajstić information content (AvgIpc) is 2.86. The summed E-state index contributed by atoms with van der Waals surface area (Å²) >= 11 is 5.29. The highest BCUT2D eigenvalue weighted by atomic mass is 32.1. The Labute approximate surface area is 132 Å². The van der Waals surface area contributed by atoms with Gasteiger partial charge in [-0.05, 0) is 29.9 Å². The minimum absolute atomic E-state index is 0.0397. The SMILES string of the molecule is O=C1C(Cc2ccccc2)Nc2c3ccccc3nc(=S)n21. The summed E-state index contributed by atoms with van der Waals surface area (Å²) in [5.41, 5.74) is 1.92. The van der Waals surface area contributed by atoms with Crippen LogP contribution < -0.4 is 5.32 Å². The molecule has 1 N–H and O–H groups in total. The summed E-state index contributed by atoms with van der Waals surface area (Å²) in [5, 5.41) is 4.24. The first-order valence-corrected chi connectivity index (χ1v) is 7.51. The summed E-state index contributed by atoms with van der Waals surface area (Å²) in [6.45, 7) is 0. The van der Waals surface area contributed by atoms with E-state index in [4.69, 9.17) is 12.2 Å². The van der Waals surface area contributed by atoms with Crippen LogP contribution in [-0.4, -0.2) is 21.5 Å². The fourth-order valence-corrected chi connectivity index (χ4v) is 3.14. The molecule has 0 aliphatic carbocycles. The molecule has 0 spiro atoms. The first kappa shape index (κ1) is 13.2. The summed E-state index contributed by atoms with van der Waals surface area (Å²) in [4.78, 5) is 17.0. The van der Waals surface area contributed by atoms with Crippen molar-refractivity contribution in [3.8, 4) is 0 Å². The molecule has 0 amide bonds. The molecule has 0 radical (unpaired) electrons. The number of benzene rings is 2. The molecule has 0 saturated carbocycles. The quantitative estimate of drug-likeness (QED) is 0.737. The van der Waals surface area contributed by atoms with Gasteiger partial charge in [-0.2, -0.15) is 0 Å². The third-order valence-electron chi connectivity index (χ3n) is 3.90. The van der Waals surface area contributed by atoms with Gasteiger partial charge in [0.15, 0.2) is 0 Å². The molecular formula is C17H13N3OS. The zero-order valence-electron chi connectivity index (χ0n) is 11.7. The van der Waals surface area contributed by atoms with Crippen molar-refractivity contribution in [2.75, 3.05) is 5.32 Å². The maximum absolute atomic E-state index is 12.7. The lowest BCUT2D eigenvalue weighted by atomic mass is 10.1. The number of fused-ring (bicyclic) bond motifs is 3. The molecule has 22 heavy (non-hydrogen) atoms. The lowest BCUT2D eigenvalue weighted by molar-refractivity contribution is 0.0905. The molecule has 1 aliphatic rings. The van der Waals surface area contributed by atoms with Gasteiger partial charge in [-0.25, -0.2) is 9.55 Å². The van der Waals surface area contributed by atoms with Gasteiger partial charge in [0, 0.05) is 11.8 Å². The van der Waals surface area contributed by atoms with Gasteiger partial charge in [0.2, 0.25) is 4.77 Å². The van der Waals surface area contributed by atoms with Crippen LogP contribution in [-0.2, 0) is 6.42 Å². The van der Waals surface area contributed by atoms with Gasteiger partial charge >= 0.3 is 0 Å². The van der Waals surface area contributed by atoms with Gasteiger partial charge in [0.1, 0.15) is 11.9 Å². The molecule has 1 aliphatic heterocycles. The Bertz CT molecular complexity index is 934. The van der Waals surface area contributed by atoms with E-state index >= 15 is 0 Å². The molecule has 108 valence electrons. The van der Waals surface area contributed by atoms with E-state index in [1.54, 1.807) is 0 Å². The van der Waals surface area contributed by atoms with Crippen LogP contribution >= 0.6 is 12.2 Å². The molecule has 0 bridgehead atoms. The number of nitrogens with one attached hydrogen (secondary N) is 1. The van der Waals surface area contributed by atoms with E-state index in [1.807, 2.05) is 54.6 Å². The van der Waals surface area contributed by atoms with Crippen LogP contribution in [0.4, 0.5) is 5.82 Å². The molecule has 1 unspecified atom stereocenters. The molecule has 5 heteroatoms. The number of hydrogen-bond donors (Lipinski definition) is 1. The molecule has 1 aromatic heterocycles. The average molecular weight is 307 g/mol.